The molecular weight excluding hydrogens is 370 g/mol. The van der Waals surface area contributed by atoms with Gasteiger partial charge in [-0.15, -0.1) is 0 Å². The van der Waals surface area contributed by atoms with Crippen molar-refractivity contribution in [2.75, 3.05) is 26.3 Å². The molecule has 4 rings (SSSR count). The zero-order chi connectivity index (χ0) is 20.4. The summed E-state index contributed by atoms with van der Waals surface area (Å²) in [6.07, 6.45) is 3.24. The van der Waals surface area contributed by atoms with Gasteiger partial charge >= 0.3 is 0 Å². The molecule has 7 nitrogen and oxygen atoms in total. The van der Waals surface area contributed by atoms with E-state index in [-0.39, 0.29) is 17.6 Å². The average molecular weight is 397 g/mol. The maximum Gasteiger partial charge on any atom is 0.252 e. The van der Waals surface area contributed by atoms with E-state index in [1.54, 1.807) is 6.08 Å². The Balaban J connectivity index is 1.66. The number of benzene rings is 1. The highest BCUT2D eigenvalue weighted by Gasteiger charge is 2.46. The maximum atomic E-state index is 12.7. The lowest BCUT2D eigenvalue weighted by Crippen LogP contribution is -2.42. The molecule has 1 aromatic rings. The number of ether oxygens (including phenoxy) is 2. The highest BCUT2D eigenvalue weighted by molar-refractivity contribution is 5.99. The molecule has 1 fully saturated rings. The highest BCUT2D eigenvalue weighted by Crippen LogP contribution is 2.49. The summed E-state index contributed by atoms with van der Waals surface area (Å²) in [5.74, 6) is -0.572. The van der Waals surface area contributed by atoms with Crippen LogP contribution < -0.4 is 16.8 Å². The molecule has 154 valence electrons. The Morgan fingerprint density at radius 3 is 2.66 bits per heavy atom. The summed E-state index contributed by atoms with van der Waals surface area (Å²) < 4.78 is 11.7. The van der Waals surface area contributed by atoms with Crippen LogP contribution in [0.5, 0.6) is 0 Å². The van der Waals surface area contributed by atoms with E-state index in [1.165, 1.54) is 0 Å². The van der Waals surface area contributed by atoms with Gasteiger partial charge in [0.25, 0.3) is 5.91 Å². The number of carbonyl (C=O) groups excluding carboxylic acids is 2. The van der Waals surface area contributed by atoms with E-state index in [4.69, 9.17) is 20.9 Å². The smallest absolute Gasteiger partial charge is 0.252 e. The minimum absolute atomic E-state index is 0.0190. The SMILES string of the molecule is NC(=O)C1=CC(CCC2CNCCO2)(C(N)=O)CC2=C1OCC2c1ccccc1. The van der Waals surface area contributed by atoms with Crippen LogP contribution in [0, 0.1) is 5.41 Å². The van der Waals surface area contributed by atoms with Crippen molar-refractivity contribution >= 4 is 11.8 Å². The fourth-order valence-electron chi connectivity index (χ4n) is 4.54. The molecule has 1 aromatic carbocycles. The molecule has 0 radical (unpaired) electrons. The molecule has 0 spiro atoms. The molecule has 0 bridgehead atoms. The van der Waals surface area contributed by atoms with Gasteiger partial charge in [0.1, 0.15) is 5.76 Å². The Labute approximate surface area is 170 Å². The van der Waals surface area contributed by atoms with Gasteiger partial charge in [0.05, 0.1) is 30.3 Å². The van der Waals surface area contributed by atoms with Crippen LogP contribution in [0.1, 0.15) is 30.7 Å². The predicted octanol–water partition coefficient (Wildman–Crippen LogP) is 1.11. The van der Waals surface area contributed by atoms with Crippen LogP contribution in [0.4, 0.5) is 0 Å². The number of rotatable bonds is 6. The van der Waals surface area contributed by atoms with Crippen molar-refractivity contribution in [1.29, 1.82) is 0 Å². The zero-order valence-corrected chi connectivity index (χ0v) is 16.4. The van der Waals surface area contributed by atoms with Gasteiger partial charge in [-0.1, -0.05) is 36.4 Å². The van der Waals surface area contributed by atoms with E-state index in [2.05, 4.69) is 5.32 Å². The van der Waals surface area contributed by atoms with Crippen LogP contribution in [-0.2, 0) is 19.1 Å². The molecule has 3 aliphatic rings. The minimum Gasteiger partial charge on any atom is -0.492 e. The number of nitrogens with two attached hydrogens (primary N) is 2. The standard InChI is InChI=1S/C22H27N3O4/c23-20(26)17-11-22(21(24)27,7-6-15-12-25-8-9-28-15)10-16-18(13-29-19(16)17)14-4-2-1-3-5-14/h1-5,11,15,18,25H,6-10,12-13H2,(H2,23,26)(H2,24,27). The Kier molecular flexibility index (Phi) is 5.43. The molecule has 2 amide bonds. The molecule has 2 aliphatic heterocycles. The summed E-state index contributed by atoms with van der Waals surface area (Å²) >= 11 is 0. The normalized spacial score (nSPS) is 29.0. The number of carbonyl (C=O) groups is 2. The van der Waals surface area contributed by atoms with Crippen molar-refractivity contribution in [3.05, 3.63) is 58.9 Å². The van der Waals surface area contributed by atoms with Crippen LogP contribution in [0.25, 0.3) is 0 Å². The first-order valence-electron chi connectivity index (χ1n) is 10.1. The molecule has 1 aliphatic carbocycles. The van der Waals surface area contributed by atoms with E-state index >= 15 is 0 Å². The first-order chi connectivity index (χ1) is 14.0. The molecule has 5 N–H and O–H groups in total. The third-order valence-electron chi connectivity index (χ3n) is 6.15. The van der Waals surface area contributed by atoms with E-state index in [9.17, 15) is 9.59 Å². The molecule has 1 saturated heterocycles. The number of nitrogens with one attached hydrogen (secondary N) is 1. The molecular formula is C22H27N3O4. The van der Waals surface area contributed by atoms with Gasteiger partial charge < -0.3 is 26.3 Å². The van der Waals surface area contributed by atoms with Crippen LogP contribution in [0.15, 0.2) is 53.3 Å². The summed E-state index contributed by atoms with van der Waals surface area (Å²) in [6.45, 7) is 2.64. The summed E-state index contributed by atoms with van der Waals surface area (Å²) in [6, 6.07) is 9.95. The first-order valence-corrected chi connectivity index (χ1v) is 10.1. The van der Waals surface area contributed by atoms with Gasteiger partial charge in [-0.05, 0) is 30.4 Å². The lowest BCUT2D eigenvalue weighted by Gasteiger charge is -2.35. The third-order valence-corrected chi connectivity index (χ3v) is 6.15. The molecule has 29 heavy (non-hydrogen) atoms. The molecule has 3 unspecified atom stereocenters. The highest BCUT2D eigenvalue weighted by atomic mass is 16.5. The van der Waals surface area contributed by atoms with Gasteiger partial charge in [-0.2, -0.15) is 0 Å². The molecule has 2 heterocycles. The maximum absolute atomic E-state index is 12.7. The summed E-state index contributed by atoms with van der Waals surface area (Å²) in [7, 11) is 0. The van der Waals surface area contributed by atoms with Gasteiger partial charge in [-0.25, -0.2) is 0 Å². The largest absolute Gasteiger partial charge is 0.492 e. The molecule has 0 aromatic heterocycles. The van der Waals surface area contributed by atoms with Crippen LogP contribution in [-0.4, -0.2) is 44.2 Å². The summed E-state index contributed by atoms with van der Waals surface area (Å²) in [4.78, 5) is 24.9. The van der Waals surface area contributed by atoms with Gasteiger partial charge in [0.2, 0.25) is 5.91 Å². The van der Waals surface area contributed by atoms with Crippen molar-refractivity contribution in [3.63, 3.8) is 0 Å². The van der Waals surface area contributed by atoms with Crippen LogP contribution in [0.2, 0.25) is 0 Å². The van der Waals surface area contributed by atoms with Crippen molar-refractivity contribution in [2.24, 2.45) is 16.9 Å². The first kappa shape index (κ1) is 19.7. The predicted molar refractivity (Wildman–Crippen MR) is 108 cm³/mol. The fourth-order valence-corrected chi connectivity index (χ4v) is 4.54. The second kappa shape index (κ2) is 8.00. The van der Waals surface area contributed by atoms with E-state index in [0.29, 0.717) is 38.2 Å². The number of hydrogen-bond acceptors (Lipinski definition) is 5. The van der Waals surface area contributed by atoms with Crippen molar-refractivity contribution in [1.82, 2.24) is 5.32 Å². The van der Waals surface area contributed by atoms with Gasteiger partial charge in [0, 0.05) is 19.0 Å². The van der Waals surface area contributed by atoms with E-state index < -0.39 is 17.2 Å². The van der Waals surface area contributed by atoms with E-state index in [1.807, 2.05) is 30.3 Å². The summed E-state index contributed by atoms with van der Waals surface area (Å²) in [5.41, 5.74) is 12.8. The number of hydrogen-bond donors (Lipinski definition) is 3. The Morgan fingerprint density at radius 1 is 1.21 bits per heavy atom. The van der Waals surface area contributed by atoms with Gasteiger partial charge in [-0.3, -0.25) is 9.59 Å². The topological polar surface area (TPSA) is 117 Å². The summed E-state index contributed by atoms with van der Waals surface area (Å²) in [5, 5.41) is 3.30. The quantitative estimate of drug-likeness (QED) is 0.665. The number of morpholine rings is 1. The average Bonchev–Trinajstić information content (AvgIpc) is 3.16. The molecule has 0 saturated carbocycles. The second-order valence-corrected chi connectivity index (χ2v) is 7.98. The molecule has 3 atom stereocenters. The number of amides is 2. The lowest BCUT2D eigenvalue weighted by molar-refractivity contribution is -0.126. The Morgan fingerprint density at radius 2 is 2.00 bits per heavy atom. The van der Waals surface area contributed by atoms with Gasteiger partial charge in [0.15, 0.2) is 0 Å². The zero-order valence-electron chi connectivity index (χ0n) is 16.4. The monoisotopic (exact) mass is 397 g/mol. The Hall–Kier alpha value is -2.64. The van der Waals surface area contributed by atoms with Crippen LogP contribution >= 0.6 is 0 Å². The lowest BCUT2D eigenvalue weighted by atomic mass is 9.69. The third kappa shape index (κ3) is 3.80. The van der Waals surface area contributed by atoms with Crippen molar-refractivity contribution < 1.29 is 19.1 Å². The fraction of sp³-hybridized carbons (Fsp3) is 0.455. The minimum atomic E-state index is -0.981. The van der Waals surface area contributed by atoms with Crippen molar-refractivity contribution in [3.8, 4) is 0 Å². The second-order valence-electron chi connectivity index (χ2n) is 7.98. The van der Waals surface area contributed by atoms with Crippen LogP contribution in [0.3, 0.4) is 0 Å². The Bertz CT molecular complexity index is 858. The number of primary amides is 2. The molecule has 7 heteroatoms. The van der Waals surface area contributed by atoms with E-state index in [0.717, 1.165) is 24.2 Å². The van der Waals surface area contributed by atoms with Crippen molar-refractivity contribution in [2.45, 2.75) is 31.3 Å².